The number of hydrogen-bond donors (Lipinski definition) is 1. The number of carbonyl (C=O) groups excluding carboxylic acids is 2. The maximum Gasteiger partial charge on any atom is 0.254 e. The van der Waals surface area contributed by atoms with Gasteiger partial charge in [-0.2, -0.15) is 0 Å². The average molecular weight is 649 g/mol. The summed E-state index contributed by atoms with van der Waals surface area (Å²) in [6, 6.07) is 26.3. The van der Waals surface area contributed by atoms with Crippen LogP contribution in [0.3, 0.4) is 0 Å². The molecule has 252 valence electrons. The number of benzene rings is 3. The Labute approximate surface area is 284 Å². The summed E-state index contributed by atoms with van der Waals surface area (Å²) in [5.74, 6) is -0.405. The van der Waals surface area contributed by atoms with Crippen molar-refractivity contribution in [1.82, 2.24) is 19.7 Å². The van der Waals surface area contributed by atoms with Crippen molar-refractivity contribution in [2.24, 2.45) is 5.73 Å². The van der Waals surface area contributed by atoms with E-state index in [2.05, 4.69) is 56.9 Å². The Bertz CT molecular complexity index is 1660. The van der Waals surface area contributed by atoms with Gasteiger partial charge in [0.15, 0.2) is 0 Å². The molecular weight excluding hydrogens is 600 g/mol. The smallest absolute Gasteiger partial charge is 0.254 e. The number of unbranched alkanes of at least 4 members (excludes halogenated alkanes) is 1. The van der Waals surface area contributed by atoms with Gasteiger partial charge in [0.25, 0.3) is 5.91 Å². The predicted molar refractivity (Wildman–Crippen MR) is 191 cm³/mol. The fourth-order valence-electron chi connectivity index (χ4n) is 7.30. The minimum Gasteiger partial charge on any atom is -0.366 e. The molecule has 4 aromatic rings. The lowest BCUT2D eigenvalue weighted by Crippen LogP contribution is -2.54. The number of amides is 2. The number of fused-ring (bicyclic) bond motifs is 1. The summed E-state index contributed by atoms with van der Waals surface area (Å²) in [5, 5.41) is 2.48. The summed E-state index contributed by atoms with van der Waals surface area (Å²) in [4.78, 5) is 43.9. The fraction of sp³-hybridized carbons (Fsp3) is 0.410. The monoisotopic (exact) mass is 648 g/mol. The first-order valence-corrected chi connectivity index (χ1v) is 17.4. The van der Waals surface area contributed by atoms with Crippen LogP contribution in [0.4, 0.5) is 11.4 Å². The molecule has 3 aromatic carbocycles. The number of pyridine rings is 1. The zero-order valence-corrected chi connectivity index (χ0v) is 28.3. The van der Waals surface area contributed by atoms with Crippen LogP contribution < -0.4 is 10.8 Å². The molecule has 0 saturated carbocycles. The Kier molecular flexibility index (Phi) is 11.0. The number of hydrogen-bond acceptors (Lipinski definition) is 7. The van der Waals surface area contributed by atoms with E-state index in [4.69, 9.17) is 10.6 Å². The van der Waals surface area contributed by atoms with Crippen LogP contribution in [-0.2, 0) is 11.4 Å². The van der Waals surface area contributed by atoms with Crippen LogP contribution in [0.2, 0.25) is 0 Å². The fourth-order valence-corrected chi connectivity index (χ4v) is 7.30. The molecule has 0 radical (unpaired) electrons. The third kappa shape index (κ3) is 7.70. The first-order valence-electron chi connectivity index (χ1n) is 17.4. The second kappa shape index (κ2) is 15.7. The first-order chi connectivity index (χ1) is 23.4. The Morgan fingerprint density at radius 3 is 2.15 bits per heavy atom. The van der Waals surface area contributed by atoms with Gasteiger partial charge in [-0.05, 0) is 80.6 Å². The molecule has 48 heavy (non-hydrogen) atoms. The van der Waals surface area contributed by atoms with Crippen molar-refractivity contribution in [3.05, 3.63) is 102 Å². The van der Waals surface area contributed by atoms with E-state index in [9.17, 15) is 9.59 Å². The van der Waals surface area contributed by atoms with E-state index < -0.39 is 5.91 Å². The summed E-state index contributed by atoms with van der Waals surface area (Å²) in [5.41, 5.74) is 10.0. The molecule has 2 fully saturated rings. The molecule has 2 aliphatic rings. The van der Waals surface area contributed by atoms with Gasteiger partial charge in [0, 0.05) is 62.0 Å². The maximum absolute atomic E-state index is 14.5. The molecule has 0 spiro atoms. The van der Waals surface area contributed by atoms with E-state index in [0.29, 0.717) is 16.6 Å². The van der Waals surface area contributed by atoms with Crippen molar-refractivity contribution >= 4 is 34.1 Å². The molecular formula is C39H48N6O3. The zero-order chi connectivity index (χ0) is 33.5. The summed E-state index contributed by atoms with van der Waals surface area (Å²) in [6.07, 6.45) is 7.91. The third-order valence-electron chi connectivity index (χ3n) is 9.94. The van der Waals surface area contributed by atoms with Gasteiger partial charge in [-0.1, -0.05) is 55.8 Å². The Morgan fingerprint density at radius 1 is 0.854 bits per heavy atom. The molecule has 2 aliphatic heterocycles. The molecule has 6 rings (SSSR count). The Hall–Kier alpha value is -4.31. The van der Waals surface area contributed by atoms with E-state index >= 15 is 0 Å². The molecule has 1 aromatic heterocycles. The van der Waals surface area contributed by atoms with E-state index in [1.807, 2.05) is 42.5 Å². The number of nitrogens with two attached hydrogens (primary N) is 1. The van der Waals surface area contributed by atoms with Crippen molar-refractivity contribution in [1.29, 1.82) is 0 Å². The number of carbonyl (C=O) groups is 2. The van der Waals surface area contributed by atoms with Gasteiger partial charge in [0.1, 0.15) is 0 Å². The summed E-state index contributed by atoms with van der Waals surface area (Å²) < 4.78 is 0. The molecule has 9 nitrogen and oxygen atoms in total. The highest BCUT2D eigenvalue weighted by atomic mass is 16.7. The van der Waals surface area contributed by atoms with Crippen LogP contribution >= 0.6 is 0 Å². The van der Waals surface area contributed by atoms with Crippen molar-refractivity contribution in [2.45, 2.75) is 64.1 Å². The number of nitrogens with zero attached hydrogens (tertiary/aromatic N) is 5. The number of rotatable bonds is 12. The van der Waals surface area contributed by atoms with Gasteiger partial charge in [0.05, 0.1) is 29.6 Å². The van der Waals surface area contributed by atoms with Gasteiger partial charge < -0.3 is 15.5 Å². The normalized spacial score (nSPS) is 16.6. The van der Waals surface area contributed by atoms with Crippen LogP contribution in [0.5, 0.6) is 0 Å². The number of anilines is 2. The molecule has 2 N–H and O–H groups in total. The molecule has 2 saturated heterocycles. The molecule has 0 unspecified atom stereocenters. The largest absolute Gasteiger partial charge is 0.366 e. The van der Waals surface area contributed by atoms with Gasteiger partial charge in [-0.3, -0.25) is 24.3 Å². The highest BCUT2D eigenvalue weighted by molar-refractivity contribution is 5.99. The summed E-state index contributed by atoms with van der Waals surface area (Å²) in [7, 11) is 1.61. The van der Waals surface area contributed by atoms with E-state index in [-0.39, 0.29) is 18.0 Å². The number of likely N-dealkylation sites (tertiary alicyclic amines) is 2. The van der Waals surface area contributed by atoms with Gasteiger partial charge in [0.2, 0.25) is 5.91 Å². The minimum atomic E-state index is -0.521. The van der Waals surface area contributed by atoms with Gasteiger partial charge >= 0.3 is 0 Å². The van der Waals surface area contributed by atoms with Crippen molar-refractivity contribution < 1.29 is 14.4 Å². The molecule has 2 amide bonds. The third-order valence-corrected chi connectivity index (χ3v) is 9.94. The van der Waals surface area contributed by atoms with Gasteiger partial charge in [-0.15, -0.1) is 0 Å². The van der Waals surface area contributed by atoms with E-state index in [1.54, 1.807) is 18.2 Å². The SMILES string of the molecule is CCCCN1CCC(N(C(=O)c2ccc(N(OC)c3cccc4cc(C(N)=O)cnc34)cc2)C2CCN(Cc3ccccc3)CC2)CC1. The quantitative estimate of drug-likeness (QED) is 0.178. The van der Waals surface area contributed by atoms with Gasteiger partial charge in [-0.25, -0.2) is 5.06 Å². The van der Waals surface area contributed by atoms with E-state index in [1.165, 1.54) is 24.6 Å². The zero-order valence-electron chi connectivity index (χ0n) is 28.3. The molecule has 0 atom stereocenters. The maximum atomic E-state index is 14.5. The van der Waals surface area contributed by atoms with Crippen LogP contribution in [0.25, 0.3) is 10.9 Å². The molecule has 3 heterocycles. The van der Waals surface area contributed by atoms with Crippen LogP contribution in [0.1, 0.15) is 71.7 Å². The second-order valence-corrected chi connectivity index (χ2v) is 13.1. The predicted octanol–water partition coefficient (Wildman–Crippen LogP) is 6.40. The summed E-state index contributed by atoms with van der Waals surface area (Å²) in [6.45, 7) is 8.40. The van der Waals surface area contributed by atoms with E-state index in [0.717, 1.165) is 81.7 Å². The van der Waals surface area contributed by atoms with Crippen LogP contribution in [0.15, 0.2) is 85.1 Å². The van der Waals surface area contributed by atoms with Crippen LogP contribution in [0, 0.1) is 0 Å². The lowest BCUT2D eigenvalue weighted by atomic mass is 9.94. The topological polar surface area (TPSA) is 95.2 Å². The number of para-hydroxylation sites is 1. The highest BCUT2D eigenvalue weighted by Gasteiger charge is 2.35. The number of piperidine rings is 2. The Balaban J connectivity index is 1.20. The number of aromatic nitrogens is 1. The lowest BCUT2D eigenvalue weighted by Gasteiger charge is -2.45. The summed E-state index contributed by atoms with van der Waals surface area (Å²) >= 11 is 0. The average Bonchev–Trinajstić information content (AvgIpc) is 3.13. The van der Waals surface area contributed by atoms with Crippen molar-refractivity contribution in [2.75, 3.05) is 44.9 Å². The second-order valence-electron chi connectivity index (χ2n) is 13.1. The van der Waals surface area contributed by atoms with Crippen molar-refractivity contribution in [3.8, 4) is 0 Å². The first kappa shape index (κ1) is 33.6. The molecule has 9 heteroatoms. The van der Waals surface area contributed by atoms with Crippen molar-refractivity contribution in [3.63, 3.8) is 0 Å². The molecule has 0 bridgehead atoms. The highest BCUT2D eigenvalue weighted by Crippen LogP contribution is 2.33. The van der Waals surface area contributed by atoms with Crippen LogP contribution in [-0.4, -0.2) is 83.4 Å². The number of primary amides is 1. The lowest BCUT2D eigenvalue weighted by molar-refractivity contribution is 0.0290. The standard InChI is InChI=1S/C39H48N6O3/c1-3-4-21-42-22-17-33(18-23-42)44(34-19-24-43(25-20-34)28-29-9-6-5-7-10-29)39(47)30-13-15-35(16-14-30)45(48-2)36-12-8-11-31-26-32(38(40)46)27-41-37(31)36/h5-16,26-27,33-34H,3-4,17-25,28H2,1-2H3,(H2,40,46). The Morgan fingerprint density at radius 2 is 1.52 bits per heavy atom. The molecule has 0 aliphatic carbocycles. The minimum absolute atomic E-state index is 0.116.